The molecule has 1 spiro atoms. The van der Waals surface area contributed by atoms with E-state index in [1.54, 1.807) is 23.5 Å². The van der Waals surface area contributed by atoms with Crippen LogP contribution in [0.2, 0.25) is 0 Å². The van der Waals surface area contributed by atoms with Crippen molar-refractivity contribution in [2.24, 2.45) is 5.41 Å². The minimum Gasteiger partial charge on any atom is -0.337 e. The first kappa shape index (κ1) is 19.9. The Labute approximate surface area is 178 Å². The third kappa shape index (κ3) is 3.73. The Morgan fingerprint density at radius 2 is 2.00 bits per heavy atom. The van der Waals surface area contributed by atoms with E-state index < -0.39 is 17.8 Å². The molecule has 1 aliphatic heterocycles. The minimum atomic E-state index is -4.46. The summed E-state index contributed by atoms with van der Waals surface area (Å²) in [6.07, 6.45) is 2.27. The summed E-state index contributed by atoms with van der Waals surface area (Å²) in [4.78, 5) is 32.1. The lowest BCUT2D eigenvalue weighted by molar-refractivity contribution is -0.137. The standard InChI is InChI=1S/C20H18F3N5O2S/c21-20(22,23)12-2-1-3-13(6-12)25-17(30)26-14-7-19(8-14)10-28(11-19)16(29)15-9-27-5-4-24-18(27)31-15/h1-6,9,14H,7-8,10-11H2,(H2,25,26,30). The highest BCUT2D eigenvalue weighted by Crippen LogP contribution is 2.48. The molecule has 2 fully saturated rings. The van der Waals surface area contributed by atoms with E-state index in [-0.39, 0.29) is 23.1 Å². The van der Waals surface area contributed by atoms with Gasteiger partial charge in [0.15, 0.2) is 4.96 Å². The fourth-order valence-electron chi connectivity index (χ4n) is 4.36. The molecule has 162 valence electrons. The molecule has 3 heterocycles. The number of alkyl halides is 3. The third-order valence-corrected chi connectivity index (χ3v) is 6.78. The molecule has 31 heavy (non-hydrogen) atoms. The maximum absolute atomic E-state index is 12.8. The maximum Gasteiger partial charge on any atom is 0.416 e. The Kier molecular flexibility index (Phi) is 4.47. The number of halogens is 3. The first-order valence-corrected chi connectivity index (χ1v) is 10.5. The maximum atomic E-state index is 12.8. The largest absolute Gasteiger partial charge is 0.416 e. The van der Waals surface area contributed by atoms with Crippen LogP contribution >= 0.6 is 11.3 Å². The molecular weight excluding hydrogens is 431 g/mol. The summed E-state index contributed by atoms with van der Waals surface area (Å²) in [6, 6.07) is 3.92. The second kappa shape index (κ2) is 6.98. The van der Waals surface area contributed by atoms with Gasteiger partial charge in [-0.2, -0.15) is 13.2 Å². The second-order valence-corrected chi connectivity index (χ2v) is 9.17. The number of urea groups is 1. The molecule has 5 rings (SSSR count). The van der Waals surface area contributed by atoms with Gasteiger partial charge >= 0.3 is 12.2 Å². The van der Waals surface area contributed by atoms with E-state index in [9.17, 15) is 22.8 Å². The lowest BCUT2D eigenvalue weighted by Gasteiger charge is -2.58. The molecule has 0 radical (unpaired) electrons. The van der Waals surface area contributed by atoms with Gasteiger partial charge in [-0.1, -0.05) is 17.4 Å². The number of imidazole rings is 1. The second-order valence-electron chi connectivity index (χ2n) is 8.16. The Morgan fingerprint density at radius 1 is 1.23 bits per heavy atom. The molecule has 2 N–H and O–H groups in total. The first-order valence-electron chi connectivity index (χ1n) is 9.67. The van der Waals surface area contributed by atoms with Gasteiger partial charge in [0.1, 0.15) is 4.88 Å². The Morgan fingerprint density at radius 3 is 2.71 bits per heavy atom. The normalized spacial score (nSPS) is 18.0. The van der Waals surface area contributed by atoms with Crippen molar-refractivity contribution in [2.75, 3.05) is 18.4 Å². The number of nitrogens with zero attached hydrogens (tertiary/aromatic N) is 3. The number of carbonyl (C=O) groups is 2. The zero-order valence-corrected chi connectivity index (χ0v) is 17.0. The van der Waals surface area contributed by atoms with E-state index in [0.717, 1.165) is 29.9 Å². The summed E-state index contributed by atoms with van der Waals surface area (Å²) in [6.45, 7) is 1.28. The molecule has 11 heteroatoms. The quantitative estimate of drug-likeness (QED) is 0.638. The molecule has 2 aromatic heterocycles. The van der Waals surface area contributed by atoms with E-state index in [2.05, 4.69) is 15.6 Å². The number of likely N-dealkylation sites (tertiary alicyclic amines) is 1. The van der Waals surface area contributed by atoms with Crippen LogP contribution in [0.1, 0.15) is 28.1 Å². The topological polar surface area (TPSA) is 78.7 Å². The Bertz CT molecular complexity index is 1130. The lowest BCUT2D eigenvalue weighted by atomic mass is 9.60. The average molecular weight is 449 g/mol. The Hall–Kier alpha value is -3.08. The van der Waals surface area contributed by atoms with Gasteiger partial charge in [0.2, 0.25) is 0 Å². The minimum absolute atomic E-state index is 0.0141. The van der Waals surface area contributed by atoms with E-state index >= 15 is 0 Å². The van der Waals surface area contributed by atoms with Crippen LogP contribution in [0.4, 0.5) is 23.7 Å². The molecule has 1 saturated heterocycles. The molecule has 0 unspecified atom stereocenters. The number of hydrogen-bond donors (Lipinski definition) is 2. The highest BCUT2D eigenvalue weighted by atomic mass is 32.1. The van der Waals surface area contributed by atoms with Crippen LogP contribution in [-0.4, -0.2) is 45.4 Å². The van der Waals surface area contributed by atoms with E-state index in [0.29, 0.717) is 18.0 Å². The molecule has 0 bridgehead atoms. The summed E-state index contributed by atoms with van der Waals surface area (Å²) in [5.74, 6) is -0.0141. The van der Waals surface area contributed by atoms with Gasteiger partial charge in [-0.05, 0) is 31.0 Å². The number of amides is 3. The van der Waals surface area contributed by atoms with Crippen LogP contribution in [0, 0.1) is 5.41 Å². The summed E-state index contributed by atoms with van der Waals surface area (Å²) < 4.78 is 40.2. The molecule has 7 nitrogen and oxygen atoms in total. The van der Waals surface area contributed by atoms with Crippen molar-refractivity contribution < 1.29 is 22.8 Å². The van der Waals surface area contributed by atoms with E-state index in [1.807, 2.05) is 4.40 Å². The van der Waals surface area contributed by atoms with Crippen LogP contribution in [-0.2, 0) is 6.18 Å². The molecule has 0 atom stereocenters. The number of carbonyl (C=O) groups excluding carboxylic acids is 2. The van der Waals surface area contributed by atoms with Crippen molar-refractivity contribution in [3.8, 4) is 0 Å². The van der Waals surface area contributed by atoms with Crippen LogP contribution < -0.4 is 10.6 Å². The molecular formula is C20H18F3N5O2S. The van der Waals surface area contributed by atoms with Gasteiger partial charge in [0.25, 0.3) is 5.91 Å². The van der Waals surface area contributed by atoms with Crippen LogP contribution in [0.3, 0.4) is 0 Å². The van der Waals surface area contributed by atoms with Crippen molar-refractivity contribution in [1.82, 2.24) is 19.6 Å². The van der Waals surface area contributed by atoms with Crippen molar-refractivity contribution in [2.45, 2.75) is 25.1 Å². The zero-order valence-electron chi connectivity index (χ0n) is 16.1. The van der Waals surface area contributed by atoms with Crippen molar-refractivity contribution in [3.63, 3.8) is 0 Å². The number of hydrogen-bond acceptors (Lipinski definition) is 4. The summed E-state index contributed by atoms with van der Waals surface area (Å²) in [5, 5.41) is 5.25. The highest BCUT2D eigenvalue weighted by Gasteiger charge is 2.54. The van der Waals surface area contributed by atoms with Crippen LogP contribution in [0.15, 0.2) is 42.9 Å². The number of thiazole rings is 1. The molecule has 1 saturated carbocycles. The average Bonchev–Trinajstić information content (AvgIpc) is 3.23. The fraction of sp³-hybridized carbons (Fsp3) is 0.350. The van der Waals surface area contributed by atoms with Crippen LogP contribution in [0.5, 0.6) is 0 Å². The molecule has 2 aliphatic rings. The number of benzene rings is 1. The number of aromatic nitrogens is 2. The van der Waals surface area contributed by atoms with Gasteiger partial charge < -0.3 is 15.5 Å². The van der Waals surface area contributed by atoms with Crippen LogP contribution in [0.25, 0.3) is 4.96 Å². The predicted octanol–water partition coefficient (Wildman–Crippen LogP) is 3.84. The lowest BCUT2D eigenvalue weighted by Crippen LogP contribution is -2.67. The predicted molar refractivity (Wildman–Crippen MR) is 108 cm³/mol. The molecule has 1 aliphatic carbocycles. The monoisotopic (exact) mass is 449 g/mol. The third-order valence-electron chi connectivity index (χ3n) is 5.78. The van der Waals surface area contributed by atoms with Gasteiger partial charge in [-0.25, -0.2) is 9.78 Å². The van der Waals surface area contributed by atoms with Gasteiger partial charge in [-0.3, -0.25) is 9.20 Å². The SMILES string of the molecule is O=C(Nc1cccc(C(F)(F)F)c1)NC1CC2(C1)CN(C(=O)c1cn3ccnc3s1)C2. The zero-order chi connectivity index (χ0) is 21.8. The van der Waals surface area contributed by atoms with Gasteiger partial charge in [-0.15, -0.1) is 0 Å². The van der Waals surface area contributed by atoms with Crippen molar-refractivity contribution in [3.05, 3.63) is 53.3 Å². The number of rotatable bonds is 3. The summed E-state index contributed by atoms with van der Waals surface area (Å²) in [5.41, 5.74) is -0.712. The number of anilines is 1. The fourth-order valence-corrected chi connectivity index (χ4v) is 5.27. The molecule has 3 aromatic rings. The highest BCUT2D eigenvalue weighted by molar-refractivity contribution is 7.18. The number of fused-ring (bicyclic) bond motifs is 1. The molecule has 3 amide bonds. The Balaban J connectivity index is 1.10. The summed E-state index contributed by atoms with van der Waals surface area (Å²) in [7, 11) is 0. The van der Waals surface area contributed by atoms with E-state index in [4.69, 9.17) is 0 Å². The van der Waals surface area contributed by atoms with E-state index in [1.165, 1.54) is 23.5 Å². The van der Waals surface area contributed by atoms with Crippen molar-refractivity contribution in [1.29, 1.82) is 0 Å². The van der Waals surface area contributed by atoms with Crippen molar-refractivity contribution >= 4 is 33.9 Å². The molecule has 1 aromatic carbocycles. The van der Waals surface area contributed by atoms with Gasteiger partial charge in [0, 0.05) is 48.8 Å². The summed E-state index contributed by atoms with van der Waals surface area (Å²) >= 11 is 1.35. The smallest absolute Gasteiger partial charge is 0.337 e. The number of nitrogens with one attached hydrogen (secondary N) is 2. The van der Waals surface area contributed by atoms with Gasteiger partial charge in [0.05, 0.1) is 5.56 Å². The first-order chi connectivity index (χ1) is 14.7.